The summed E-state index contributed by atoms with van der Waals surface area (Å²) >= 11 is 0. The average molecular weight is 269 g/mol. The van der Waals surface area contributed by atoms with E-state index in [1.807, 2.05) is 6.92 Å². The summed E-state index contributed by atoms with van der Waals surface area (Å²) < 4.78 is 5.62. The summed E-state index contributed by atoms with van der Waals surface area (Å²) in [6, 6.07) is 0.0684. The molecule has 108 valence electrons. The Bertz CT molecular complexity index is 338. The molecule has 5 nitrogen and oxygen atoms in total. The zero-order valence-electron chi connectivity index (χ0n) is 11.4. The molecule has 4 atom stereocenters. The van der Waals surface area contributed by atoms with Crippen molar-refractivity contribution in [1.82, 2.24) is 5.32 Å². The predicted octanol–water partition coefficient (Wildman–Crippen LogP) is 1.56. The van der Waals surface area contributed by atoms with Crippen LogP contribution in [0.15, 0.2) is 0 Å². The van der Waals surface area contributed by atoms with Crippen LogP contribution in [0.2, 0.25) is 0 Å². The van der Waals surface area contributed by atoms with E-state index in [4.69, 9.17) is 9.84 Å². The first-order valence-electron chi connectivity index (χ1n) is 7.26. The van der Waals surface area contributed by atoms with Crippen molar-refractivity contribution in [1.29, 1.82) is 0 Å². The Balaban J connectivity index is 1.84. The average Bonchev–Trinajstić information content (AvgIpc) is 3.05. The number of carbonyl (C=O) groups excluding carboxylic acids is 1. The number of hydrogen-bond donors (Lipinski definition) is 2. The van der Waals surface area contributed by atoms with E-state index in [1.54, 1.807) is 0 Å². The van der Waals surface area contributed by atoms with Crippen LogP contribution in [0.4, 0.5) is 0 Å². The lowest BCUT2D eigenvalue weighted by Gasteiger charge is -2.24. The molecule has 2 unspecified atom stereocenters. The first-order chi connectivity index (χ1) is 9.11. The van der Waals surface area contributed by atoms with Crippen molar-refractivity contribution in [3.8, 4) is 0 Å². The minimum atomic E-state index is -0.776. The molecule has 2 fully saturated rings. The monoisotopic (exact) mass is 269 g/mol. The Morgan fingerprint density at radius 1 is 1.32 bits per heavy atom. The summed E-state index contributed by atoms with van der Waals surface area (Å²) in [5.74, 6) is -1.26. The number of aliphatic carboxylic acids is 1. The van der Waals surface area contributed by atoms with Gasteiger partial charge in [0.15, 0.2) is 0 Å². The molecule has 0 aromatic heterocycles. The minimum absolute atomic E-state index is 0.00565. The van der Waals surface area contributed by atoms with Crippen LogP contribution in [0.3, 0.4) is 0 Å². The third-order valence-corrected chi connectivity index (χ3v) is 4.33. The minimum Gasteiger partial charge on any atom is -0.481 e. The molecule has 1 heterocycles. The molecule has 0 radical (unpaired) electrons. The van der Waals surface area contributed by atoms with E-state index in [9.17, 15) is 9.59 Å². The number of ether oxygens (including phenoxy) is 1. The summed E-state index contributed by atoms with van der Waals surface area (Å²) in [4.78, 5) is 23.1. The first kappa shape index (κ1) is 14.3. The van der Waals surface area contributed by atoms with Gasteiger partial charge in [0.1, 0.15) is 0 Å². The van der Waals surface area contributed by atoms with Crippen LogP contribution in [-0.2, 0) is 14.3 Å². The van der Waals surface area contributed by atoms with Crippen molar-refractivity contribution in [3.05, 3.63) is 0 Å². The van der Waals surface area contributed by atoms with Crippen molar-refractivity contribution < 1.29 is 19.4 Å². The zero-order chi connectivity index (χ0) is 13.8. The first-order valence-corrected chi connectivity index (χ1v) is 7.26. The van der Waals surface area contributed by atoms with Crippen molar-refractivity contribution >= 4 is 11.9 Å². The van der Waals surface area contributed by atoms with Crippen molar-refractivity contribution in [2.75, 3.05) is 6.61 Å². The standard InChI is InChI=1S/C14H23NO4/c1-2-11(12-4-3-7-19-12)15-13(16)9-5-6-10(8-9)14(17)18/h9-12H,2-8H2,1H3,(H,15,16)(H,17,18)/t9-,10+,11?,12?/m1/s1. The second-order valence-electron chi connectivity index (χ2n) is 5.62. The van der Waals surface area contributed by atoms with E-state index in [-0.39, 0.29) is 29.9 Å². The molecule has 1 saturated carbocycles. The summed E-state index contributed by atoms with van der Waals surface area (Å²) in [6.45, 7) is 2.82. The molecule has 2 rings (SSSR count). The normalized spacial score (nSPS) is 32.2. The number of carboxylic acids is 1. The number of amides is 1. The topological polar surface area (TPSA) is 75.6 Å². The highest BCUT2D eigenvalue weighted by molar-refractivity contribution is 5.81. The highest BCUT2D eigenvalue weighted by atomic mass is 16.5. The van der Waals surface area contributed by atoms with E-state index < -0.39 is 5.97 Å². The lowest BCUT2D eigenvalue weighted by molar-refractivity contribution is -0.141. The van der Waals surface area contributed by atoms with Gasteiger partial charge in [0, 0.05) is 12.5 Å². The second-order valence-corrected chi connectivity index (χ2v) is 5.62. The van der Waals surface area contributed by atoms with Gasteiger partial charge < -0.3 is 15.2 Å². The fraction of sp³-hybridized carbons (Fsp3) is 0.857. The lowest BCUT2D eigenvalue weighted by atomic mass is 10.0. The molecule has 1 aliphatic carbocycles. The predicted molar refractivity (Wildman–Crippen MR) is 69.7 cm³/mol. The van der Waals surface area contributed by atoms with Gasteiger partial charge in [0.25, 0.3) is 0 Å². The van der Waals surface area contributed by atoms with Gasteiger partial charge in [-0.25, -0.2) is 0 Å². The third kappa shape index (κ3) is 3.47. The molecular weight excluding hydrogens is 246 g/mol. The number of hydrogen-bond acceptors (Lipinski definition) is 3. The summed E-state index contributed by atoms with van der Waals surface area (Å²) in [5.41, 5.74) is 0. The van der Waals surface area contributed by atoms with E-state index >= 15 is 0 Å². The molecule has 0 aromatic carbocycles. The van der Waals surface area contributed by atoms with Gasteiger partial charge in [-0.15, -0.1) is 0 Å². The Morgan fingerprint density at radius 2 is 2.05 bits per heavy atom. The van der Waals surface area contributed by atoms with Crippen molar-refractivity contribution in [3.63, 3.8) is 0 Å². The molecule has 19 heavy (non-hydrogen) atoms. The van der Waals surface area contributed by atoms with E-state index in [1.165, 1.54) is 0 Å². The molecule has 5 heteroatoms. The maximum atomic E-state index is 12.2. The van der Waals surface area contributed by atoms with Crippen molar-refractivity contribution in [2.45, 2.75) is 57.6 Å². The Hall–Kier alpha value is -1.10. The number of rotatable bonds is 5. The number of carbonyl (C=O) groups is 2. The lowest BCUT2D eigenvalue weighted by Crippen LogP contribution is -2.44. The van der Waals surface area contributed by atoms with Crippen LogP contribution < -0.4 is 5.32 Å². The highest BCUT2D eigenvalue weighted by Gasteiger charge is 2.35. The van der Waals surface area contributed by atoms with Gasteiger partial charge in [-0.1, -0.05) is 6.92 Å². The van der Waals surface area contributed by atoms with Crippen LogP contribution >= 0.6 is 0 Å². The van der Waals surface area contributed by atoms with Gasteiger partial charge in [-0.05, 0) is 38.5 Å². The Labute approximate surface area is 113 Å². The van der Waals surface area contributed by atoms with Gasteiger partial charge in [-0.3, -0.25) is 9.59 Å². The third-order valence-electron chi connectivity index (χ3n) is 4.33. The largest absolute Gasteiger partial charge is 0.481 e. The summed E-state index contributed by atoms with van der Waals surface area (Å²) in [6.07, 6.45) is 4.82. The Kier molecular flexibility index (Phi) is 4.80. The van der Waals surface area contributed by atoms with Crippen LogP contribution in [0.1, 0.15) is 45.4 Å². The molecule has 1 aliphatic heterocycles. The smallest absolute Gasteiger partial charge is 0.306 e. The molecule has 0 spiro atoms. The quantitative estimate of drug-likeness (QED) is 0.794. The van der Waals surface area contributed by atoms with Gasteiger partial charge in [0.05, 0.1) is 18.1 Å². The fourth-order valence-electron chi connectivity index (χ4n) is 3.12. The molecular formula is C14H23NO4. The van der Waals surface area contributed by atoms with E-state index in [0.717, 1.165) is 25.9 Å². The molecule has 2 N–H and O–H groups in total. The molecule has 0 bridgehead atoms. The summed E-state index contributed by atoms with van der Waals surface area (Å²) in [7, 11) is 0. The van der Waals surface area contributed by atoms with Gasteiger partial charge in [0.2, 0.25) is 5.91 Å². The van der Waals surface area contributed by atoms with Crippen molar-refractivity contribution in [2.24, 2.45) is 11.8 Å². The van der Waals surface area contributed by atoms with Crippen LogP contribution in [0.25, 0.3) is 0 Å². The zero-order valence-corrected chi connectivity index (χ0v) is 11.4. The molecule has 1 saturated heterocycles. The number of carboxylic acid groups (broad SMARTS) is 1. The van der Waals surface area contributed by atoms with Crippen LogP contribution in [-0.4, -0.2) is 35.7 Å². The van der Waals surface area contributed by atoms with Gasteiger partial charge >= 0.3 is 5.97 Å². The van der Waals surface area contributed by atoms with Gasteiger partial charge in [-0.2, -0.15) is 0 Å². The molecule has 2 aliphatic rings. The Morgan fingerprint density at radius 3 is 2.58 bits per heavy atom. The maximum absolute atomic E-state index is 12.2. The number of nitrogens with one attached hydrogen (secondary N) is 1. The maximum Gasteiger partial charge on any atom is 0.306 e. The molecule has 0 aromatic rings. The van der Waals surface area contributed by atoms with Crippen LogP contribution in [0, 0.1) is 11.8 Å². The van der Waals surface area contributed by atoms with E-state index in [0.29, 0.717) is 19.3 Å². The molecule has 1 amide bonds. The second kappa shape index (κ2) is 6.37. The highest BCUT2D eigenvalue weighted by Crippen LogP contribution is 2.31. The van der Waals surface area contributed by atoms with E-state index in [2.05, 4.69) is 5.32 Å². The van der Waals surface area contributed by atoms with Crippen LogP contribution in [0.5, 0.6) is 0 Å². The fourth-order valence-corrected chi connectivity index (χ4v) is 3.12. The summed E-state index contributed by atoms with van der Waals surface area (Å²) in [5, 5.41) is 12.0. The SMILES string of the molecule is CCC(NC(=O)[C@@H]1CC[C@H](C(=O)O)C1)C1CCCO1.